The summed E-state index contributed by atoms with van der Waals surface area (Å²) < 4.78 is 0. The van der Waals surface area contributed by atoms with Crippen molar-refractivity contribution < 1.29 is 4.92 Å². The van der Waals surface area contributed by atoms with Gasteiger partial charge in [-0.05, 0) is 25.3 Å². The van der Waals surface area contributed by atoms with Gasteiger partial charge in [0.15, 0.2) is 0 Å². The summed E-state index contributed by atoms with van der Waals surface area (Å²) >= 11 is 5.99. The van der Waals surface area contributed by atoms with Crippen molar-refractivity contribution in [2.75, 3.05) is 0 Å². The van der Waals surface area contributed by atoms with Crippen LogP contribution in [0, 0.1) is 10.1 Å². The Kier molecular flexibility index (Phi) is 5.38. The number of nitrogens with two attached hydrogens (primary N) is 1. The summed E-state index contributed by atoms with van der Waals surface area (Å²) in [7, 11) is 0. The summed E-state index contributed by atoms with van der Waals surface area (Å²) in [6, 6.07) is 4.83. The SMILES string of the molecule is CCCC(N)CCc1c(Cl)cccc1[N+](=O)[O-]. The van der Waals surface area contributed by atoms with Gasteiger partial charge in [-0.1, -0.05) is 31.0 Å². The molecule has 0 aliphatic rings. The number of rotatable bonds is 6. The number of hydrogen-bond acceptors (Lipinski definition) is 3. The zero-order valence-electron chi connectivity index (χ0n) is 9.86. The molecule has 0 aliphatic carbocycles. The van der Waals surface area contributed by atoms with E-state index in [9.17, 15) is 10.1 Å². The van der Waals surface area contributed by atoms with Crippen LogP contribution in [-0.2, 0) is 6.42 Å². The standard InChI is InChI=1S/C12H17ClN2O2/c1-2-4-9(14)7-8-10-11(13)5-3-6-12(10)15(16)17/h3,5-6,9H,2,4,7-8,14H2,1H3. The van der Waals surface area contributed by atoms with Gasteiger partial charge in [0.1, 0.15) is 0 Å². The molecule has 0 saturated heterocycles. The number of hydrogen-bond donors (Lipinski definition) is 1. The molecule has 4 nitrogen and oxygen atoms in total. The van der Waals surface area contributed by atoms with Gasteiger partial charge in [-0.2, -0.15) is 0 Å². The first kappa shape index (κ1) is 13.9. The highest BCUT2D eigenvalue weighted by atomic mass is 35.5. The summed E-state index contributed by atoms with van der Waals surface area (Å²) in [5.74, 6) is 0. The predicted molar refractivity (Wildman–Crippen MR) is 69.3 cm³/mol. The number of nitrogens with zero attached hydrogens (tertiary/aromatic N) is 1. The molecule has 0 amide bonds. The van der Waals surface area contributed by atoms with Crippen molar-refractivity contribution >= 4 is 17.3 Å². The predicted octanol–water partition coefficient (Wildman–Crippen LogP) is 3.31. The molecule has 0 fully saturated rings. The molecule has 5 heteroatoms. The summed E-state index contributed by atoms with van der Waals surface area (Å²) in [5, 5.41) is 11.3. The third-order valence-corrected chi connectivity index (χ3v) is 3.07. The van der Waals surface area contributed by atoms with Gasteiger partial charge in [0, 0.05) is 17.7 Å². The van der Waals surface area contributed by atoms with Crippen molar-refractivity contribution in [2.45, 2.75) is 38.6 Å². The van der Waals surface area contributed by atoms with Gasteiger partial charge in [-0.15, -0.1) is 0 Å². The van der Waals surface area contributed by atoms with Crippen LogP contribution in [0.3, 0.4) is 0 Å². The molecular formula is C12H17ClN2O2. The van der Waals surface area contributed by atoms with E-state index in [4.69, 9.17) is 17.3 Å². The molecule has 0 bridgehead atoms. The van der Waals surface area contributed by atoms with Crippen molar-refractivity contribution in [1.82, 2.24) is 0 Å². The second kappa shape index (κ2) is 6.57. The molecule has 1 unspecified atom stereocenters. The van der Waals surface area contributed by atoms with Gasteiger partial charge in [-0.25, -0.2) is 0 Å². The Hall–Kier alpha value is -1.13. The topological polar surface area (TPSA) is 69.2 Å². The third-order valence-electron chi connectivity index (χ3n) is 2.72. The average Bonchev–Trinajstić information content (AvgIpc) is 2.27. The maximum atomic E-state index is 10.9. The molecule has 2 N–H and O–H groups in total. The van der Waals surface area contributed by atoms with Crippen molar-refractivity contribution in [2.24, 2.45) is 5.73 Å². The number of halogens is 1. The van der Waals surface area contributed by atoms with Gasteiger partial charge in [-0.3, -0.25) is 10.1 Å². The smallest absolute Gasteiger partial charge is 0.274 e. The van der Waals surface area contributed by atoms with Crippen molar-refractivity contribution in [3.05, 3.63) is 38.9 Å². The Balaban J connectivity index is 2.79. The summed E-state index contributed by atoms with van der Waals surface area (Å²) in [5.41, 5.74) is 6.57. The fourth-order valence-electron chi connectivity index (χ4n) is 1.81. The first-order valence-electron chi connectivity index (χ1n) is 5.73. The van der Waals surface area contributed by atoms with E-state index in [0.717, 1.165) is 19.3 Å². The third kappa shape index (κ3) is 3.98. The minimum absolute atomic E-state index is 0.0795. The lowest BCUT2D eigenvalue weighted by Crippen LogP contribution is -2.20. The van der Waals surface area contributed by atoms with Crippen molar-refractivity contribution in [3.63, 3.8) is 0 Å². The van der Waals surface area contributed by atoms with E-state index >= 15 is 0 Å². The second-order valence-electron chi connectivity index (χ2n) is 4.08. The van der Waals surface area contributed by atoms with E-state index in [2.05, 4.69) is 6.92 Å². The molecule has 1 atom stereocenters. The quantitative estimate of drug-likeness (QED) is 0.627. The van der Waals surface area contributed by atoms with Crippen LogP contribution >= 0.6 is 11.6 Å². The Morgan fingerprint density at radius 3 is 2.76 bits per heavy atom. The van der Waals surface area contributed by atoms with Gasteiger partial charge in [0.05, 0.1) is 9.95 Å². The molecule has 17 heavy (non-hydrogen) atoms. The highest BCUT2D eigenvalue weighted by Crippen LogP contribution is 2.27. The number of nitro groups is 1. The van der Waals surface area contributed by atoms with E-state index in [-0.39, 0.29) is 11.7 Å². The van der Waals surface area contributed by atoms with Crippen LogP contribution in [0.2, 0.25) is 5.02 Å². The van der Waals surface area contributed by atoms with Crippen LogP contribution < -0.4 is 5.73 Å². The first-order valence-corrected chi connectivity index (χ1v) is 6.11. The van der Waals surface area contributed by atoms with E-state index in [0.29, 0.717) is 17.0 Å². The normalized spacial score (nSPS) is 12.4. The molecule has 0 radical (unpaired) electrons. The Morgan fingerprint density at radius 1 is 1.47 bits per heavy atom. The van der Waals surface area contributed by atoms with Gasteiger partial charge in [0.2, 0.25) is 0 Å². The molecular weight excluding hydrogens is 240 g/mol. The number of nitro benzene ring substituents is 1. The van der Waals surface area contributed by atoms with E-state index in [1.807, 2.05) is 0 Å². The number of benzene rings is 1. The lowest BCUT2D eigenvalue weighted by Gasteiger charge is -2.10. The van der Waals surface area contributed by atoms with E-state index in [1.54, 1.807) is 12.1 Å². The van der Waals surface area contributed by atoms with Crippen LogP contribution in [0.1, 0.15) is 31.7 Å². The van der Waals surface area contributed by atoms with Crippen molar-refractivity contribution in [3.8, 4) is 0 Å². The highest BCUT2D eigenvalue weighted by Gasteiger charge is 2.16. The van der Waals surface area contributed by atoms with Crippen molar-refractivity contribution in [1.29, 1.82) is 0 Å². The maximum absolute atomic E-state index is 10.9. The van der Waals surface area contributed by atoms with Crippen LogP contribution in [0.25, 0.3) is 0 Å². The van der Waals surface area contributed by atoms with E-state index < -0.39 is 4.92 Å². The Bertz CT molecular complexity index is 396. The minimum atomic E-state index is -0.396. The zero-order chi connectivity index (χ0) is 12.8. The van der Waals surface area contributed by atoms with E-state index in [1.165, 1.54) is 6.07 Å². The lowest BCUT2D eigenvalue weighted by atomic mass is 10.0. The Morgan fingerprint density at radius 2 is 2.18 bits per heavy atom. The molecule has 0 aromatic heterocycles. The molecule has 0 saturated carbocycles. The molecule has 1 rings (SSSR count). The highest BCUT2D eigenvalue weighted by molar-refractivity contribution is 6.31. The molecule has 1 aromatic rings. The molecule has 94 valence electrons. The minimum Gasteiger partial charge on any atom is -0.328 e. The monoisotopic (exact) mass is 256 g/mol. The fraction of sp³-hybridized carbons (Fsp3) is 0.500. The van der Waals surface area contributed by atoms with Gasteiger partial charge >= 0.3 is 0 Å². The summed E-state index contributed by atoms with van der Waals surface area (Å²) in [6.45, 7) is 2.07. The van der Waals surface area contributed by atoms with Crippen LogP contribution in [-0.4, -0.2) is 11.0 Å². The Labute approximate surface area is 106 Å². The zero-order valence-corrected chi connectivity index (χ0v) is 10.6. The van der Waals surface area contributed by atoms with Gasteiger partial charge in [0.25, 0.3) is 5.69 Å². The van der Waals surface area contributed by atoms with Crippen LogP contribution in [0.5, 0.6) is 0 Å². The first-order chi connectivity index (χ1) is 8.06. The second-order valence-corrected chi connectivity index (χ2v) is 4.49. The summed E-state index contributed by atoms with van der Waals surface area (Å²) in [6.07, 6.45) is 3.22. The van der Waals surface area contributed by atoms with Gasteiger partial charge < -0.3 is 5.73 Å². The molecule has 0 aliphatic heterocycles. The fourth-order valence-corrected chi connectivity index (χ4v) is 2.07. The molecule has 0 heterocycles. The largest absolute Gasteiger partial charge is 0.328 e. The lowest BCUT2D eigenvalue weighted by molar-refractivity contribution is -0.385. The van der Waals surface area contributed by atoms with Crippen LogP contribution in [0.15, 0.2) is 18.2 Å². The molecule has 0 spiro atoms. The maximum Gasteiger partial charge on any atom is 0.274 e. The average molecular weight is 257 g/mol. The molecule has 1 aromatic carbocycles. The van der Waals surface area contributed by atoms with Crippen LogP contribution in [0.4, 0.5) is 5.69 Å². The summed E-state index contributed by atoms with van der Waals surface area (Å²) in [4.78, 5) is 10.5.